The summed E-state index contributed by atoms with van der Waals surface area (Å²) in [5, 5.41) is 3.98. The minimum absolute atomic E-state index is 1.01. The molecule has 0 spiro atoms. The van der Waals surface area contributed by atoms with Gasteiger partial charge in [-0.3, -0.25) is 0 Å². The predicted molar refractivity (Wildman–Crippen MR) is 161 cm³/mol. The molecule has 0 amide bonds. The van der Waals surface area contributed by atoms with Gasteiger partial charge in [-0.15, -0.1) is 0 Å². The molecule has 7 aromatic rings. The quantitative estimate of drug-likeness (QED) is 0.235. The zero-order valence-corrected chi connectivity index (χ0v) is 21.0. The van der Waals surface area contributed by atoms with Gasteiger partial charge in [-0.2, -0.15) is 0 Å². The predicted octanol–water partition coefficient (Wildman–Crippen LogP) is 9.35. The van der Waals surface area contributed by atoms with E-state index < -0.39 is 0 Å². The van der Waals surface area contributed by atoms with Crippen LogP contribution in [0.5, 0.6) is 0 Å². The van der Waals surface area contributed by atoms with E-state index in [1.807, 2.05) is 0 Å². The number of rotatable bonds is 3. The van der Waals surface area contributed by atoms with E-state index in [1.165, 1.54) is 66.5 Å². The highest BCUT2D eigenvalue weighted by Crippen LogP contribution is 2.40. The number of para-hydroxylation sites is 3. The third kappa shape index (κ3) is 3.13. The highest BCUT2D eigenvalue weighted by Gasteiger charge is 2.23. The lowest BCUT2D eigenvalue weighted by atomic mass is 9.98. The molecule has 5 aromatic carbocycles. The van der Waals surface area contributed by atoms with Gasteiger partial charge in [0.1, 0.15) is 0 Å². The van der Waals surface area contributed by atoms with Crippen LogP contribution in [0.1, 0.15) is 17.7 Å². The van der Waals surface area contributed by atoms with Crippen molar-refractivity contribution in [2.45, 2.75) is 12.8 Å². The first-order valence-electron chi connectivity index (χ1n) is 13.3. The zero-order valence-electron chi connectivity index (χ0n) is 21.0. The Labute approximate surface area is 221 Å². The lowest BCUT2D eigenvalue weighted by Gasteiger charge is -2.19. The van der Waals surface area contributed by atoms with Gasteiger partial charge in [0.05, 0.1) is 22.2 Å². The normalized spacial score (nSPS) is 13.2. The van der Waals surface area contributed by atoms with Crippen LogP contribution in [-0.2, 0) is 6.42 Å². The smallest absolute Gasteiger partial charge is 0.0537 e. The third-order valence-corrected chi connectivity index (χ3v) is 8.05. The molecule has 0 saturated heterocycles. The maximum atomic E-state index is 2.48. The van der Waals surface area contributed by atoms with Gasteiger partial charge in [0.2, 0.25) is 0 Å². The van der Waals surface area contributed by atoms with Crippen LogP contribution < -0.4 is 0 Å². The van der Waals surface area contributed by atoms with E-state index >= 15 is 0 Å². The lowest BCUT2D eigenvalue weighted by molar-refractivity contribution is 0.936. The van der Waals surface area contributed by atoms with Crippen LogP contribution >= 0.6 is 0 Å². The highest BCUT2D eigenvalue weighted by molar-refractivity contribution is 6.11. The third-order valence-electron chi connectivity index (χ3n) is 8.05. The first-order valence-corrected chi connectivity index (χ1v) is 13.3. The van der Waals surface area contributed by atoms with Crippen LogP contribution in [0, 0.1) is 0 Å². The molecule has 2 aromatic heterocycles. The van der Waals surface area contributed by atoms with E-state index in [0.717, 1.165) is 12.8 Å². The summed E-state index contributed by atoms with van der Waals surface area (Å²) in [5.74, 6) is 0. The molecular weight excluding hydrogens is 460 g/mol. The molecule has 38 heavy (non-hydrogen) atoms. The van der Waals surface area contributed by atoms with Gasteiger partial charge >= 0.3 is 0 Å². The van der Waals surface area contributed by atoms with Crippen LogP contribution in [0.2, 0.25) is 0 Å². The molecule has 0 fully saturated rings. The fourth-order valence-electron chi connectivity index (χ4n) is 6.34. The fourth-order valence-corrected chi connectivity index (χ4v) is 6.34. The maximum Gasteiger partial charge on any atom is 0.0537 e. The van der Waals surface area contributed by atoms with Gasteiger partial charge in [0, 0.05) is 27.5 Å². The van der Waals surface area contributed by atoms with Crippen LogP contribution in [0.4, 0.5) is 0 Å². The molecule has 8 rings (SSSR count). The summed E-state index contributed by atoms with van der Waals surface area (Å²) in [7, 11) is 0. The van der Waals surface area contributed by atoms with Gasteiger partial charge in [-0.1, -0.05) is 97.1 Å². The average Bonchev–Trinajstić information content (AvgIpc) is 3.50. The summed E-state index contributed by atoms with van der Waals surface area (Å²) in [6.45, 7) is 0. The van der Waals surface area contributed by atoms with Crippen LogP contribution in [0.15, 0.2) is 127 Å². The van der Waals surface area contributed by atoms with Crippen molar-refractivity contribution in [3.05, 3.63) is 139 Å². The molecular formula is C36H26N2. The summed E-state index contributed by atoms with van der Waals surface area (Å²) < 4.78 is 4.93. The molecule has 180 valence electrons. The van der Waals surface area contributed by atoms with E-state index in [0.29, 0.717) is 0 Å². The van der Waals surface area contributed by atoms with Gasteiger partial charge in [0.25, 0.3) is 0 Å². The van der Waals surface area contributed by atoms with Crippen molar-refractivity contribution >= 4 is 44.5 Å². The first-order chi connectivity index (χ1) is 18.9. The Balaban J connectivity index is 1.35. The van der Waals surface area contributed by atoms with Gasteiger partial charge in [-0.05, 0) is 65.9 Å². The molecule has 2 heterocycles. The van der Waals surface area contributed by atoms with E-state index in [-0.39, 0.29) is 0 Å². The van der Waals surface area contributed by atoms with E-state index in [1.54, 1.807) is 0 Å². The lowest BCUT2D eigenvalue weighted by Crippen LogP contribution is -2.07. The molecule has 1 aliphatic rings. The molecule has 0 aliphatic heterocycles. The molecule has 0 bridgehead atoms. The average molecular weight is 487 g/mol. The minimum Gasteiger partial charge on any atom is -0.313 e. The van der Waals surface area contributed by atoms with Crippen LogP contribution in [0.3, 0.4) is 0 Å². The fraction of sp³-hybridized carbons (Fsp3) is 0.0556. The Bertz CT molecular complexity index is 1950. The van der Waals surface area contributed by atoms with Gasteiger partial charge < -0.3 is 9.13 Å². The summed E-state index contributed by atoms with van der Waals surface area (Å²) in [6, 6.07) is 46.0. The second kappa shape index (κ2) is 8.36. The number of benzene rings is 5. The number of allylic oxidation sites excluding steroid dienone is 1. The number of aryl methyl sites for hydroxylation is 1. The van der Waals surface area contributed by atoms with Crippen molar-refractivity contribution < 1.29 is 0 Å². The number of fused-ring (bicyclic) bond motifs is 6. The Hall–Kier alpha value is -4.82. The molecule has 0 N–H and O–H groups in total. The van der Waals surface area contributed by atoms with Gasteiger partial charge in [0.15, 0.2) is 0 Å². The molecule has 2 nitrogen and oxygen atoms in total. The van der Waals surface area contributed by atoms with Crippen LogP contribution in [-0.4, -0.2) is 9.13 Å². The van der Waals surface area contributed by atoms with Crippen molar-refractivity contribution in [3.63, 3.8) is 0 Å². The van der Waals surface area contributed by atoms with Crippen molar-refractivity contribution in [2.75, 3.05) is 0 Å². The number of hydrogen-bond acceptors (Lipinski definition) is 0. The summed E-state index contributed by atoms with van der Waals surface area (Å²) >= 11 is 0. The second-order valence-corrected chi connectivity index (χ2v) is 10.1. The van der Waals surface area contributed by atoms with Crippen molar-refractivity contribution in [3.8, 4) is 16.8 Å². The summed E-state index contributed by atoms with van der Waals surface area (Å²) in [4.78, 5) is 0. The van der Waals surface area contributed by atoms with E-state index in [4.69, 9.17) is 0 Å². The Morgan fingerprint density at radius 2 is 0.947 bits per heavy atom. The van der Waals surface area contributed by atoms with Gasteiger partial charge in [-0.25, -0.2) is 0 Å². The SMILES string of the molecule is C1=C(n2c3ccccc3c3ccccc32)CCc2c1n(-c1ccc(-c3ccccc3)cc1)c1ccccc21. The van der Waals surface area contributed by atoms with Crippen molar-refractivity contribution in [1.82, 2.24) is 9.13 Å². The largest absolute Gasteiger partial charge is 0.313 e. The number of hydrogen-bond donors (Lipinski definition) is 0. The van der Waals surface area contributed by atoms with E-state index in [9.17, 15) is 0 Å². The molecule has 0 atom stereocenters. The van der Waals surface area contributed by atoms with Crippen molar-refractivity contribution in [2.24, 2.45) is 0 Å². The van der Waals surface area contributed by atoms with Crippen LogP contribution in [0.25, 0.3) is 61.3 Å². The minimum atomic E-state index is 1.01. The van der Waals surface area contributed by atoms with E-state index in [2.05, 4.69) is 143 Å². The zero-order chi connectivity index (χ0) is 25.1. The standard InChI is InChI=1S/C36H26N2/c1-2-10-25(11-3-1)26-18-20-27(21-19-26)37-33-15-7-6-14-31(33)32-23-22-28(24-36(32)37)38-34-16-8-4-12-29(34)30-13-5-9-17-35(30)38/h1-21,24H,22-23H2. The van der Waals surface area contributed by atoms with Crippen molar-refractivity contribution in [1.29, 1.82) is 0 Å². The second-order valence-electron chi connectivity index (χ2n) is 10.1. The Morgan fingerprint density at radius 3 is 1.61 bits per heavy atom. The summed E-state index contributed by atoms with van der Waals surface area (Å²) in [6.07, 6.45) is 4.47. The molecule has 0 radical (unpaired) electrons. The number of aromatic nitrogens is 2. The topological polar surface area (TPSA) is 9.86 Å². The molecule has 0 unspecified atom stereocenters. The summed E-state index contributed by atoms with van der Waals surface area (Å²) in [5.41, 5.74) is 11.6. The molecule has 1 aliphatic carbocycles. The molecule has 2 heteroatoms. The first kappa shape index (κ1) is 21.3. The highest BCUT2D eigenvalue weighted by atomic mass is 15.0. The Kier molecular flexibility index (Phi) is 4.68. The Morgan fingerprint density at radius 1 is 0.421 bits per heavy atom. The molecule has 0 saturated carbocycles. The maximum absolute atomic E-state index is 2.48. The number of nitrogens with zero attached hydrogens (tertiary/aromatic N) is 2. The monoisotopic (exact) mass is 486 g/mol.